The van der Waals surface area contributed by atoms with Gasteiger partial charge in [0.1, 0.15) is 5.69 Å². The van der Waals surface area contributed by atoms with E-state index in [-0.39, 0.29) is 18.4 Å². The fraction of sp³-hybridized carbons (Fsp3) is 0.333. The molecule has 1 aliphatic heterocycles. The van der Waals surface area contributed by atoms with E-state index in [0.29, 0.717) is 30.2 Å². The average Bonchev–Trinajstić information content (AvgIpc) is 2.96. The number of likely N-dealkylation sites (tertiary alicyclic amines) is 1. The highest BCUT2D eigenvalue weighted by Gasteiger charge is 2.32. The summed E-state index contributed by atoms with van der Waals surface area (Å²) in [5.74, 6) is 0.430. The summed E-state index contributed by atoms with van der Waals surface area (Å²) in [6.07, 6.45) is 0.656. The van der Waals surface area contributed by atoms with Crippen LogP contribution >= 0.6 is 0 Å². The van der Waals surface area contributed by atoms with Crippen molar-refractivity contribution in [1.29, 1.82) is 0 Å². The molecule has 1 fully saturated rings. The van der Waals surface area contributed by atoms with E-state index in [0.717, 1.165) is 0 Å². The molecule has 2 aromatic heterocycles. The predicted octanol–water partition coefficient (Wildman–Crippen LogP) is 3.46. The second-order valence-corrected chi connectivity index (χ2v) is 5.20. The molecular weight excluding hydrogens is 292 g/mol. The zero-order valence-electron chi connectivity index (χ0n) is 11.7. The topological polar surface area (TPSA) is 58.4 Å². The highest BCUT2D eigenvalue weighted by Crippen LogP contribution is 2.27. The van der Waals surface area contributed by atoms with Gasteiger partial charge in [-0.1, -0.05) is 0 Å². The maximum absolute atomic E-state index is 12.3. The zero-order valence-corrected chi connectivity index (χ0v) is 11.7. The molecule has 0 aromatic carbocycles. The van der Waals surface area contributed by atoms with E-state index in [1.165, 1.54) is 11.2 Å². The molecule has 0 unspecified atom stereocenters. The summed E-state index contributed by atoms with van der Waals surface area (Å²) in [7, 11) is 0. The van der Waals surface area contributed by atoms with Crippen molar-refractivity contribution in [3.63, 3.8) is 0 Å². The molecular formula is C15H15F2N3O2. The minimum atomic E-state index is -2.32. The normalized spacial score (nSPS) is 15.0. The van der Waals surface area contributed by atoms with E-state index in [4.69, 9.17) is 4.42 Å². The Morgan fingerprint density at radius 2 is 2.23 bits per heavy atom. The first-order valence-electron chi connectivity index (χ1n) is 6.96. The summed E-state index contributed by atoms with van der Waals surface area (Å²) in [6, 6.07) is 6.60. The maximum Gasteiger partial charge on any atom is 0.321 e. The van der Waals surface area contributed by atoms with Crippen LogP contribution in [0.5, 0.6) is 0 Å². The van der Waals surface area contributed by atoms with Crippen LogP contribution in [0.1, 0.15) is 6.42 Å². The van der Waals surface area contributed by atoms with Crippen molar-refractivity contribution in [2.45, 2.75) is 12.8 Å². The van der Waals surface area contributed by atoms with Crippen LogP contribution in [0.15, 0.2) is 41.1 Å². The summed E-state index contributed by atoms with van der Waals surface area (Å²) in [6.45, 7) is 0.707. The number of carbonyl (C=O) groups excluding carboxylic acids is 1. The van der Waals surface area contributed by atoms with Crippen LogP contribution in [0, 0.1) is 5.92 Å². The third-order valence-corrected chi connectivity index (χ3v) is 3.56. The number of pyridine rings is 1. The number of aromatic nitrogens is 1. The molecule has 2 amide bonds. The van der Waals surface area contributed by atoms with Crippen LogP contribution in [0.3, 0.4) is 0 Å². The van der Waals surface area contributed by atoms with Gasteiger partial charge < -0.3 is 14.6 Å². The number of nitrogens with zero attached hydrogens (tertiary/aromatic N) is 2. The van der Waals surface area contributed by atoms with E-state index in [9.17, 15) is 13.6 Å². The zero-order chi connectivity index (χ0) is 15.5. The molecule has 2 aromatic rings. The Balaban J connectivity index is 1.64. The van der Waals surface area contributed by atoms with Gasteiger partial charge in [0.05, 0.1) is 12.0 Å². The van der Waals surface area contributed by atoms with Gasteiger partial charge >= 0.3 is 6.03 Å². The lowest BCUT2D eigenvalue weighted by atomic mass is 9.97. The van der Waals surface area contributed by atoms with E-state index in [2.05, 4.69) is 10.3 Å². The summed E-state index contributed by atoms with van der Waals surface area (Å²) < 4.78 is 29.8. The number of alkyl halides is 2. The van der Waals surface area contributed by atoms with Gasteiger partial charge in [-0.05, 0) is 30.2 Å². The summed E-state index contributed by atoms with van der Waals surface area (Å²) >= 11 is 0. The number of anilines is 1. The molecule has 0 spiro atoms. The van der Waals surface area contributed by atoms with Gasteiger partial charge in [-0.15, -0.1) is 0 Å². The molecule has 22 heavy (non-hydrogen) atoms. The number of urea groups is 1. The van der Waals surface area contributed by atoms with Crippen LogP contribution in [-0.4, -0.2) is 35.4 Å². The molecule has 0 saturated carbocycles. The quantitative estimate of drug-likeness (QED) is 0.941. The minimum Gasteiger partial charge on any atom is -0.463 e. The second kappa shape index (κ2) is 6.13. The van der Waals surface area contributed by atoms with Crippen LogP contribution in [-0.2, 0) is 0 Å². The van der Waals surface area contributed by atoms with E-state index < -0.39 is 6.43 Å². The molecule has 0 bridgehead atoms. The van der Waals surface area contributed by atoms with E-state index in [1.54, 1.807) is 30.5 Å². The number of carbonyl (C=O) groups is 1. The maximum atomic E-state index is 12.3. The van der Waals surface area contributed by atoms with E-state index in [1.807, 2.05) is 0 Å². The molecule has 0 atom stereocenters. The summed E-state index contributed by atoms with van der Waals surface area (Å²) in [5, 5.41) is 2.75. The smallest absolute Gasteiger partial charge is 0.321 e. The third kappa shape index (κ3) is 3.08. The Bertz CT molecular complexity index is 640. The summed E-state index contributed by atoms with van der Waals surface area (Å²) in [5.41, 5.74) is 1.06. The van der Waals surface area contributed by atoms with Gasteiger partial charge in [0.15, 0.2) is 5.76 Å². The number of hydrogen-bond donors (Lipinski definition) is 1. The number of halogens is 2. The van der Waals surface area contributed by atoms with Crippen molar-refractivity contribution < 1.29 is 18.0 Å². The number of hydrogen-bond acceptors (Lipinski definition) is 3. The first-order chi connectivity index (χ1) is 10.6. The van der Waals surface area contributed by atoms with Crippen molar-refractivity contribution >= 4 is 11.7 Å². The number of nitrogens with one attached hydrogen (secondary N) is 1. The Kier molecular flexibility index (Phi) is 4.04. The van der Waals surface area contributed by atoms with Crippen molar-refractivity contribution in [3.8, 4) is 11.5 Å². The van der Waals surface area contributed by atoms with Crippen LogP contribution in [0.4, 0.5) is 19.3 Å². The summed E-state index contributed by atoms with van der Waals surface area (Å²) in [4.78, 5) is 17.8. The van der Waals surface area contributed by atoms with Gasteiger partial charge in [-0.25, -0.2) is 13.6 Å². The highest BCUT2D eigenvalue weighted by atomic mass is 19.3. The average molecular weight is 307 g/mol. The van der Waals surface area contributed by atoms with Gasteiger partial charge in [-0.3, -0.25) is 4.98 Å². The number of furan rings is 1. The molecule has 5 nitrogen and oxygen atoms in total. The molecule has 1 N–H and O–H groups in total. The van der Waals surface area contributed by atoms with Gasteiger partial charge in [0.2, 0.25) is 6.43 Å². The number of amides is 2. The lowest BCUT2D eigenvalue weighted by molar-refractivity contribution is 0.0572. The van der Waals surface area contributed by atoms with Gasteiger partial charge in [0.25, 0.3) is 0 Å². The van der Waals surface area contributed by atoms with Gasteiger partial charge in [-0.2, -0.15) is 0 Å². The number of rotatable bonds is 4. The van der Waals surface area contributed by atoms with Crippen molar-refractivity contribution in [3.05, 3.63) is 36.7 Å². The van der Waals surface area contributed by atoms with Crippen LogP contribution in [0.2, 0.25) is 0 Å². The predicted molar refractivity (Wildman–Crippen MR) is 76.6 cm³/mol. The molecule has 3 rings (SSSR count). The van der Waals surface area contributed by atoms with Crippen LogP contribution < -0.4 is 5.32 Å². The van der Waals surface area contributed by atoms with E-state index >= 15 is 0 Å². The standard InChI is InChI=1S/C15H15F2N3O2/c16-13(17)7-10-8-20(9-10)15(21)19-11-3-1-5-18-14(11)12-4-2-6-22-12/h1-6,10,13H,7-9H2,(H,19,21). The minimum absolute atomic E-state index is 0.121. The third-order valence-electron chi connectivity index (χ3n) is 3.56. The lowest BCUT2D eigenvalue weighted by Gasteiger charge is -2.39. The largest absolute Gasteiger partial charge is 0.463 e. The van der Waals surface area contributed by atoms with Gasteiger partial charge in [0, 0.05) is 25.7 Å². The van der Waals surface area contributed by atoms with Crippen molar-refractivity contribution in [2.24, 2.45) is 5.92 Å². The van der Waals surface area contributed by atoms with Crippen LogP contribution in [0.25, 0.3) is 11.5 Å². The Morgan fingerprint density at radius 1 is 1.41 bits per heavy atom. The Hall–Kier alpha value is -2.44. The molecule has 116 valence electrons. The Labute approximate surface area is 125 Å². The fourth-order valence-electron chi connectivity index (χ4n) is 2.45. The monoisotopic (exact) mass is 307 g/mol. The SMILES string of the molecule is O=C(Nc1cccnc1-c1ccco1)N1CC(CC(F)F)C1. The molecule has 0 radical (unpaired) electrons. The van der Waals surface area contributed by atoms with Crippen molar-refractivity contribution in [2.75, 3.05) is 18.4 Å². The fourth-order valence-corrected chi connectivity index (χ4v) is 2.45. The Morgan fingerprint density at radius 3 is 2.91 bits per heavy atom. The second-order valence-electron chi connectivity index (χ2n) is 5.20. The first kappa shape index (κ1) is 14.5. The highest BCUT2D eigenvalue weighted by molar-refractivity contribution is 5.93. The molecule has 0 aliphatic carbocycles. The molecule has 1 saturated heterocycles. The van der Waals surface area contributed by atoms with Crippen molar-refractivity contribution in [1.82, 2.24) is 9.88 Å². The molecule has 1 aliphatic rings. The lowest BCUT2D eigenvalue weighted by Crippen LogP contribution is -2.52. The molecule has 7 heteroatoms. The molecule has 3 heterocycles. The first-order valence-corrected chi connectivity index (χ1v) is 6.96.